The number of carboxylic acids is 1. The molecule has 2 aromatic carbocycles. The molecule has 2 aromatic rings. The molecule has 0 heterocycles. The number of carboxylic acid groups (broad SMARTS) is 1. The highest BCUT2D eigenvalue weighted by atomic mass is 79.9. The lowest BCUT2D eigenvalue weighted by Gasteiger charge is -1.99. The van der Waals surface area contributed by atoms with E-state index in [4.69, 9.17) is 28.3 Å². The summed E-state index contributed by atoms with van der Waals surface area (Å²) in [6.45, 7) is 2.24. The number of carbonyl (C=O) groups excluding carboxylic acids is 1. The molecule has 148 valence electrons. The molecule has 0 fully saturated rings. The van der Waals surface area contributed by atoms with Crippen LogP contribution in [-0.2, 0) is 14.3 Å². The second kappa shape index (κ2) is 16.1. The van der Waals surface area contributed by atoms with E-state index in [0.29, 0.717) is 22.0 Å². The highest BCUT2D eigenvalue weighted by Gasteiger charge is 2.02. The Morgan fingerprint density at radius 3 is 2.04 bits per heavy atom. The minimum absolute atomic E-state index is 0.0454. The number of hydrogen-bond donors (Lipinski definition) is 2. The monoisotopic (exact) mass is 512 g/mol. The van der Waals surface area contributed by atoms with E-state index >= 15 is 0 Å². The van der Waals surface area contributed by atoms with Crippen molar-refractivity contribution in [3.63, 3.8) is 0 Å². The standard InChI is InChI=1S/C8H7ClO2S.C6H5ClS.C4H7BrO2/c9-6-3-1-2-4-7(6)12-5-8(10)11;7-5-3-1-2-4-6(5)8;1-2-7-4(6)3-5/h1-4H,5H2,(H,10,11);1-4,8H;2-3H2,1H3. The average Bonchev–Trinajstić information content (AvgIpc) is 2.64. The summed E-state index contributed by atoms with van der Waals surface area (Å²) in [4.78, 5) is 22.0. The van der Waals surface area contributed by atoms with Gasteiger partial charge in [0.1, 0.15) is 5.33 Å². The largest absolute Gasteiger partial charge is 0.481 e. The molecule has 0 bridgehead atoms. The van der Waals surface area contributed by atoms with Crippen molar-refractivity contribution < 1.29 is 19.4 Å². The minimum atomic E-state index is -0.833. The molecule has 0 saturated heterocycles. The van der Waals surface area contributed by atoms with E-state index in [1.165, 1.54) is 11.8 Å². The Kier molecular flexibility index (Phi) is 15.6. The first-order valence-electron chi connectivity index (χ1n) is 7.56. The van der Waals surface area contributed by atoms with Gasteiger partial charge in [-0.2, -0.15) is 0 Å². The molecule has 0 saturated carbocycles. The molecule has 0 spiro atoms. The Hall–Kier alpha value is -0.860. The average molecular weight is 514 g/mol. The number of ether oxygens (including phenoxy) is 1. The van der Waals surface area contributed by atoms with Crippen molar-refractivity contribution in [2.75, 3.05) is 17.7 Å². The quantitative estimate of drug-likeness (QED) is 0.219. The molecule has 0 radical (unpaired) electrons. The number of thioether (sulfide) groups is 1. The van der Waals surface area contributed by atoms with Crippen molar-refractivity contribution in [2.45, 2.75) is 16.7 Å². The fourth-order valence-corrected chi connectivity index (χ4v) is 2.77. The highest BCUT2D eigenvalue weighted by molar-refractivity contribution is 9.09. The lowest BCUT2D eigenvalue weighted by molar-refractivity contribution is -0.139. The summed E-state index contributed by atoms with van der Waals surface area (Å²) in [7, 11) is 0. The van der Waals surface area contributed by atoms with Gasteiger partial charge in [-0.15, -0.1) is 24.4 Å². The summed E-state index contributed by atoms with van der Waals surface area (Å²) in [5.74, 6) is -0.994. The third-order valence-electron chi connectivity index (χ3n) is 2.45. The van der Waals surface area contributed by atoms with Crippen molar-refractivity contribution in [3.8, 4) is 0 Å². The van der Waals surface area contributed by atoms with Crippen LogP contribution in [0.3, 0.4) is 0 Å². The molecule has 0 unspecified atom stereocenters. The van der Waals surface area contributed by atoms with E-state index < -0.39 is 5.97 Å². The molecule has 0 atom stereocenters. The lowest BCUT2D eigenvalue weighted by Crippen LogP contribution is -2.03. The lowest BCUT2D eigenvalue weighted by atomic mass is 10.4. The Labute approximate surface area is 187 Å². The number of carbonyl (C=O) groups is 2. The molecule has 0 aliphatic carbocycles. The summed E-state index contributed by atoms with van der Waals surface area (Å²) in [5, 5.41) is 10.00. The van der Waals surface area contributed by atoms with Gasteiger partial charge in [0.15, 0.2) is 0 Å². The summed E-state index contributed by atoms with van der Waals surface area (Å²) >= 11 is 19.7. The van der Waals surface area contributed by atoms with Crippen molar-refractivity contribution in [1.82, 2.24) is 0 Å². The molecule has 4 nitrogen and oxygen atoms in total. The van der Waals surface area contributed by atoms with Crippen LogP contribution in [0, 0.1) is 0 Å². The maximum absolute atomic E-state index is 10.2. The van der Waals surface area contributed by atoms with Gasteiger partial charge in [-0.1, -0.05) is 63.4 Å². The molecular weight excluding hydrogens is 495 g/mol. The van der Waals surface area contributed by atoms with Crippen LogP contribution in [0.15, 0.2) is 58.3 Å². The number of aliphatic carboxylic acids is 1. The number of benzene rings is 2. The number of alkyl halides is 1. The van der Waals surface area contributed by atoms with Crippen LogP contribution in [0.25, 0.3) is 0 Å². The van der Waals surface area contributed by atoms with Crippen LogP contribution in [-0.4, -0.2) is 34.7 Å². The SMILES string of the molecule is CCOC(=O)CBr.O=C(O)CSc1ccccc1Cl.Sc1ccccc1Cl. The third-order valence-corrected chi connectivity index (χ3v) is 5.26. The molecular formula is C18H19BrCl2O4S2. The maximum Gasteiger partial charge on any atom is 0.316 e. The minimum Gasteiger partial charge on any atom is -0.481 e. The maximum atomic E-state index is 10.2. The van der Waals surface area contributed by atoms with Gasteiger partial charge in [-0.3, -0.25) is 9.59 Å². The summed E-state index contributed by atoms with van der Waals surface area (Å²) < 4.78 is 4.51. The van der Waals surface area contributed by atoms with E-state index in [0.717, 1.165) is 9.79 Å². The van der Waals surface area contributed by atoms with Crippen molar-refractivity contribution in [1.29, 1.82) is 0 Å². The van der Waals surface area contributed by atoms with E-state index in [2.05, 4.69) is 33.3 Å². The van der Waals surface area contributed by atoms with E-state index in [-0.39, 0.29) is 11.7 Å². The fraction of sp³-hybridized carbons (Fsp3) is 0.222. The van der Waals surface area contributed by atoms with Crippen LogP contribution < -0.4 is 0 Å². The van der Waals surface area contributed by atoms with Crippen molar-refractivity contribution >= 4 is 75.5 Å². The molecule has 0 aliphatic heterocycles. The number of halogens is 3. The molecule has 0 aliphatic rings. The molecule has 0 aromatic heterocycles. The second-order valence-corrected chi connectivity index (χ2v) is 7.38. The zero-order valence-electron chi connectivity index (χ0n) is 14.4. The smallest absolute Gasteiger partial charge is 0.316 e. The van der Waals surface area contributed by atoms with E-state index in [1.54, 1.807) is 19.1 Å². The highest BCUT2D eigenvalue weighted by Crippen LogP contribution is 2.26. The molecule has 0 amide bonds. The number of hydrogen-bond acceptors (Lipinski definition) is 5. The van der Waals surface area contributed by atoms with Crippen LogP contribution in [0.1, 0.15) is 6.92 Å². The Morgan fingerprint density at radius 2 is 1.67 bits per heavy atom. The second-order valence-electron chi connectivity index (χ2n) is 4.50. The first kappa shape index (κ1) is 26.1. The molecule has 1 N–H and O–H groups in total. The summed E-state index contributed by atoms with van der Waals surface area (Å²) in [6, 6.07) is 14.6. The van der Waals surface area contributed by atoms with Crippen LogP contribution >= 0.6 is 63.5 Å². The molecule has 2 rings (SSSR count). The summed E-state index contributed by atoms with van der Waals surface area (Å²) in [6.07, 6.45) is 0. The van der Waals surface area contributed by atoms with Gasteiger partial charge in [0, 0.05) is 9.79 Å². The Balaban J connectivity index is 0.000000395. The Bertz CT molecular complexity index is 696. The van der Waals surface area contributed by atoms with Crippen LogP contribution in [0.4, 0.5) is 0 Å². The van der Waals surface area contributed by atoms with E-state index in [9.17, 15) is 9.59 Å². The van der Waals surface area contributed by atoms with Gasteiger partial charge in [0.05, 0.1) is 22.4 Å². The fourth-order valence-electron chi connectivity index (χ4n) is 1.35. The number of rotatable bonds is 5. The van der Waals surface area contributed by atoms with Gasteiger partial charge in [-0.05, 0) is 31.2 Å². The van der Waals surface area contributed by atoms with Gasteiger partial charge < -0.3 is 9.84 Å². The number of esters is 1. The predicted molar refractivity (Wildman–Crippen MR) is 119 cm³/mol. The predicted octanol–water partition coefficient (Wildman–Crippen LogP) is 6.09. The molecule has 9 heteroatoms. The zero-order chi connectivity index (χ0) is 20.7. The van der Waals surface area contributed by atoms with E-state index in [1.807, 2.05) is 36.4 Å². The van der Waals surface area contributed by atoms with Gasteiger partial charge in [-0.25, -0.2) is 0 Å². The van der Waals surface area contributed by atoms with Gasteiger partial charge >= 0.3 is 11.9 Å². The van der Waals surface area contributed by atoms with Crippen LogP contribution in [0.2, 0.25) is 10.0 Å². The number of thiol groups is 1. The topological polar surface area (TPSA) is 63.6 Å². The van der Waals surface area contributed by atoms with Crippen molar-refractivity contribution in [2.24, 2.45) is 0 Å². The summed E-state index contributed by atoms with van der Waals surface area (Å²) in [5.41, 5.74) is 0. The first-order valence-corrected chi connectivity index (χ1v) is 10.9. The zero-order valence-corrected chi connectivity index (χ0v) is 19.2. The molecule has 27 heavy (non-hydrogen) atoms. The van der Waals surface area contributed by atoms with Gasteiger partial charge in [0.25, 0.3) is 0 Å². The van der Waals surface area contributed by atoms with Crippen molar-refractivity contribution in [3.05, 3.63) is 58.6 Å². The van der Waals surface area contributed by atoms with Crippen LogP contribution in [0.5, 0.6) is 0 Å². The first-order chi connectivity index (χ1) is 12.8. The third kappa shape index (κ3) is 13.9. The van der Waals surface area contributed by atoms with Gasteiger partial charge in [0.2, 0.25) is 0 Å². The Morgan fingerprint density at radius 1 is 1.11 bits per heavy atom. The normalized spacial score (nSPS) is 9.22.